The summed E-state index contributed by atoms with van der Waals surface area (Å²) in [5.41, 5.74) is 0.652. The number of phenols is 1. The van der Waals surface area contributed by atoms with Crippen LogP contribution < -0.4 is 9.47 Å². The molecule has 33 heavy (non-hydrogen) atoms. The van der Waals surface area contributed by atoms with Gasteiger partial charge < -0.3 is 14.6 Å². The molecular formula is C24H20F3N3O3. The van der Waals surface area contributed by atoms with Crippen molar-refractivity contribution in [3.8, 4) is 34.3 Å². The average Bonchev–Trinajstić information content (AvgIpc) is 3.23. The molecule has 0 fully saturated rings. The summed E-state index contributed by atoms with van der Waals surface area (Å²) < 4.78 is 52.0. The van der Waals surface area contributed by atoms with E-state index in [9.17, 15) is 18.3 Å². The maximum absolute atomic E-state index is 13.6. The van der Waals surface area contributed by atoms with Crippen LogP contribution >= 0.6 is 0 Å². The summed E-state index contributed by atoms with van der Waals surface area (Å²) in [6.45, 7) is 2.21. The van der Waals surface area contributed by atoms with Gasteiger partial charge >= 0.3 is 6.18 Å². The van der Waals surface area contributed by atoms with Crippen molar-refractivity contribution in [1.29, 1.82) is 0 Å². The van der Waals surface area contributed by atoms with E-state index in [1.54, 1.807) is 48.8 Å². The predicted octanol–water partition coefficient (Wildman–Crippen LogP) is 6.13. The lowest BCUT2D eigenvalue weighted by molar-refractivity contribution is -0.142. The number of H-pyrrole nitrogens is 1. The number of benzene rings is 2. The van der Waals surface area contributed by atoms with Crippen molar-refractivity contribution >= 4 is 0 Å². The van der Waals surface area contributed by atoms with Gasteiger partial charge in [0.1, 0.15) is 29.5 Å². The number of phenolic OH excluding ortho intramolecular Hbond substituents is 1. The highest BCUT2D eigenvalue weighted by molar-refractivity contribution is 5.74. The minimum Gasteiger partial charge on any atom is -0.507 e. The second-order valence-electron chi connectivity index (χ2n) is 7.20. The van der Waals surface area contributed by atoms with Crippen molar-refractivity contribution in [3.63, 3.8) is 0 Å². The predicted molar refractivity (Wildman–Crippen MR) is 115 cm³/mol. The van der Waals surface area contributed by atoms with Crippen LogP contribution in [0.15, 0.2) is 67.0 Å². The molecule has 0 aliphatic heterocycles. The van der Waals surface area contributed by atoms with E-state index in [2.05, 4.69) is 10.1 Å². The van der Waals surface area contributed by atoms with Gasteiger partial charge in [0, 0.05) is 24.0 Å². The van der Waals surface area contributed by atoms with E-state index in [-0.39, 0.29) is 29.4 Å². The fraction of sp³-hybridized carbons (Fsp3) is 0.167. The number of ether oxygens (including phenoxy) is 2. The van der Waals surface area contributed by atoms with Crippen LogP contribution in [0.3, 0.4) is 0 Å². The van der Waals surface area contributed by atoms with Crippen LogP contribution in [0.4, 0.5) is 13.2 Å². The van der Waals surface area contributed by atoms with Crippen molar-refractivity contribution in [2.75, 3.05) is 0 Å². The molecule has 2 N–H and O–H groups in total. The normalized spacial score (nSPS) is 11.4. The number of aromatic hydroxyl groups is 1. The number of hydrogen-bond acceptors (Lipinski definition) is 5. The van der Waals surface area contributed by atoms with Crippen molar-refractivity contribution < 1.29 is 27.8 Å². The zero-order valence-corrected chi connectivity index (χ0v) is 17.6. The van der Waals surface area contributed by atoms with Crippen LogP contribution in [0.1, 0.15) is 23.7 Å². The van der Waals surface area contributed by atoms with E-state index in [1.807, 2.05) is 12.0 Å². The van der Waals surface area contributed by atoms with Crippen LogP contribution in [-0.4, -0.2) is 20.3 Å². The number of nitrogens with zero attached hydrogens (tertiary/aromatic N) is 2. The summed E-state index contributed by atoms with van der Waals surface area (Å²) in [6.07, 6.45) is -0.680. The number of nitrogens with one attached hydrogen (secondary N) is 1. The van der Waals surface area contributed by atoms with E-state index in [4.69, 9.17) is 9.47 Å². The molecule has 0 aliphatic rings. The smallest absolute Gasteiger partial charge is 0.436 e. The number of halogens is 3. The molecule has 2 heterocycles. The molecule has 6 nitrogen and oxygen atoms in total. The molecule has 0 saturated heterocycles. The number of alkyl halides is 3. The van der Waals surface area contributed by atoms with Crippen LogP contribution in [0.5, 0.6) is 23.0 Å². The number of hydrogen-bond donors (Lipinski definition) is 2. The van der Waals surface area contributed by atoms with Gasteiger partial charge in [0.25, 0.3) is 0 Å². The number of aromatic nitrogens is 3. The lowest BCUT2D eigenvalue weighted by atomic mass is 10.1. The molecule has 0 saturated carbocycles. The summed E-state index contributed by atoms with van der Waals surface area (Å²) in [6, 6.07) is 14.6. The molecule has 4 rings (SSSR count). The largest absolute Gasteiger partial charge is 0.507 e. The Morgan fingerprint density at radius 3 is 2.27 bits per heavy atom. The highest BCUT2D eigenvalue weighted by Crippen LogP contribution is 2.45. The third-order valence-electron chi connectivity index (χ3n) is 4.94. The summed E-state index contributed by atoms with van der Waals surface area (Å²) in [4.78, 5) is 3.93. The Kier molecular flexibility index (Phi) is 6.21. The van der Waals surface area contributed by atoms with Gasteiger partial charge in [0.15, 0.2) is 11.4 Å². The highest BCUT2D eigenvalue weighted by atomic mass is 19.4. The number of rotatable bonds is 7. The lowest BCUT2D eigenvalue weighted by Crippen LogP contribution is -2.07. The Morgan fingerprint density at radius 2 is 1.64 bits per heavy atom. The number of pyridine rings is 1. The first-order valence-corrected chi connectivity index (χ1v) is 10.1. The summed E-state index contributed by atoms with van der Waals surface area (Å²) in [5, 5.41) is 16.3. The topological polar surface area (TPSA) is 80.3 Å². The Labute approximate surface area is 187 Å². The molecular weight excluding hydrogens is 435 g/mol. The highest BCUT2D eigenvalue weighted by Gasteiger charge is 2.39. The van der Waals surface area contributed by atoms with E-state index in [0.29, 0.717) is 5.75 Å². The fourth-order valence-corrected chi connectivity index (χ4v) is 3.16. The van der Waals surface area contributed by atoms with E-state index in [1.165, 1.54) is 18.2 Å². The second kappa shape index (κ2) is 9.23. The van der Waals surface area contributed by atoms with Crippen molar-refractivity contribution in [3.05, 3.63) is 83.8 Å². The maximum Gasteiger partial charge on any atom is 0.436 e. The van der Waals surface area contributed by atoms with Gasteiger partial charge in [-0.15, -0.1) is 0 Å². The van der Waals surface area contributed by atoms with Gasteiger partial charge in [0.05, 0.1) is 0 Å². The molecule has 0 spiro atoms. The third kappa shape index (κ3) is 5.08. The van der Waals surface area contributed by atoms with Crippen LogP contribution in [0, 0.1) is 0 Å². The molecule has 2 aromatic carbocycles. The molecule has 9 heteroatoms. The first-order chi connectivity index (χ1) is 15.8. The molecule has 0 amide bonds. The maximum atomic E-state index is 13.6. The van der Waals surface area contributed by atoms with Gasteiger partial charge in [-0.2, -0.15) is 18.3 Å². The molecule has 4 aromatic rings. The molecule has 0 aliphatic carbocycles. The van der Waals surface area contributed by atoms with Crippen LogP contribution in [0.2, 0.25) is 0 Å². The Hall–Kier alpha value is -4.01. The van der Waals surface area contributed by atoms with E-state index >= 15 is 0 Å². The molecule has 2 aromatic heterocycles. The second-order valence-corrected chi connectivity index (χ2v) is 7.20. The first kappa shape index (κ1) is 22.2. The first-order valence-electron chi connectivity index (χ1n) is 10.1. The summed E-state index contributed by atoms with van der Waals surface area (Å²) in [7, 11) is 0. The Balaban J connectivity index is 1.64. The van der Waals surface area contributed by atoms with Gasteiger partial charge in [-0.25, -0.2) is 0 Å². The molecule has 0 unspecified atom stereocenters. The minimum absolute atomic E-state index is 0.0678. The number of aryl methyl sites for hydroxylation is 1. The molecule has 0 atom stereocenters. The standard InChI is InChI=1S/C24H20F3N3O3/c1-2-15-3-5-17(6-4-15)33-22-21(29-30-23(22)24(25,26)27)19-8-7-18(13-20(19)31)32-14-16-9-11-28-12-10-16/h3-13,31H,2,14H2,1H3,(H,29,30). The quantitative estimate of drug-likeness (QED) is 0.350. The van der Waals surface area contributed by atoms with Crippen molar-refractivity contribution in [1.82, 2.24) is 15.2 Å². The summed E-state index contributed by atoms with van der Waals surface area (Å²) in [5.74, 6) is -0.254. The molecule has 170 valence electrons. The number of aromatic amines is 1. The van der Waals surface area contributed by atoms with E-state index < -0.39 is 17.6 Å². The monoisotopic (exact) mass is 455 g/mol. The van der Waals surface area contributed by atoms with Crippen molar-refractivity contribution in [2.45, 2.75) is 26.1 Å². The Bertz CT molecular complexity index is 1220. The Morgan fingerprint density at radius 1 is 0.939 bits per heavy atom. The van der Waals surface area contributed by atoms with Crippen LogP contribution in [0.25, 0.3) is 11.3 Å². The van der Waals surface area contributed by atoms with Gasteiger partial charge in [-0.05, 0) is 53.9 Å². The van der Waals surface area contributed by atoms with E-state index in [0.717, 1.165) is 17.5 Å². The molecule has 0 bridgehead atoms. The van der Waals surface area contributed by atoms with Crippen molar-refractivity contribution in [2.24, 2.45) is 0 Å². The van der Waals surface area contributed by atoms with Crippen LogP contribution in [-0.2, 0) is 19.2 Å². The van der Waals surface area contributed by atoms with Gasteiger partial charge in [-0.3, -0.25) is 10.1 Å². The zero-order valence-electron chi connectivity index (χ0n) is 17.6. The minimum atomic E-state index is -4.73. The van der Waals surface area contributed by atoms with Gasteiger partial charge in [-0.1, -0.05) is 19.1 Å². The summed E-state index contributed by atoms with van der Waals surface area (Å²) >= 11 is 0. The molecule has 0 radical (unpaired) electrons. The zero-order chi connectivity index (χ0) is 23.4. The third-order valence-corrected chi connectivity index (χ3v) is 4.94. The fourth-order valence-electron chi connectivity index (χ4n) is 3.16. The van der Waals surface area contributed by atoms with Gasteiger partial charge in [0.2, 0.25) is 0 Å². The average molecular weight is 455 g/mol. The SMILES string of the molecule is CCc1ccc(Oc2c(-c3ccc(OCc4ccncc4)cc3O)n[nH]c2C(F)(F)F)cc1. The lowest BCUT2D eigenvalue weighted by Gasteiger charge is -2.12.